The first-order chi connectivity index (χ1) is 10.9. The van der Waals surface area contributed by atoms with E-state index in [-0.39, 0.29) is 17.6 Å². The van der Waals surface area contributed by atoms with Gasteiger partial charge in [-0.3, -0.25) is 4.79 Å². The fraction of sp³-hybridized carbons (Fsp3) is 0.952. The highest BCUT2D eigenvalue weighted by Crippen LogP contribution is 2.43. The maximum absolute atomic E-state index is 12.5. The molecule has 2 heteroatoms. The summed E-state index contributed by atoms with van der Waals surface area (Å²) in [5, 5.41) is 0. The normalized spacial score (nSPS) is 34.7. The zero-order chi connectivity index (χ0) is 16.9. The number of hydrogen-bond donors (Lipinski definition) is 0. The predicted octanol–water partition coefficient (Wildman–Crippen LogP) is 5.93. The number of carbonyl (C=O) groups is 1. The van der Waals surface area contributed by atoms with Crippen molar-refractivity contribution in [2.45, 2.75) is 110 Å². The van der Waals surface area contributed by atoms with Crippen LogP contribution in [-0.2, 0) is 9.53 Å². The summed E-state index contributed by atoms with van der Waals surface area (Å²) in [5.41, 5.74) is 0.0155. The third kappa shape index (κ3) is 5.59. The van der Waals surface area contributed by atoms with Crippen molar-refractivity contribution in [2.24, 2.45) is 17.8 Å². The summed E-state index contributed by atoms with van der Waals surface area (Å²) in [7, 11) is 0. The SMILES string of the molecule is CCCCCC1CC(=O)C2CCC(C)(CCCC(C)C)OC2C1. The lowest BCUT2D eigenvalue weighted by Crippen LogP contribution is -2.49. The first-order valence-electron chi connectivity index (χ1n) is 10.1. The van der Waals surface area contributed by atoms with E-state index >= 15 is 0 Å². The topological polar surface area (TPSA) is 26.3 Å². The van der Waals surface area contributed by atoms with Crippen LogP contribution in [0.4, 0.5) is 0 Å². The molecule has 0 radical (unpaired) electrons. The predicted molar refractivity (Wildman–Crippen MR) is 96.6 cm³/mol. The van der Waals surface area contributed by atoms with E-state index in [9.17, 15) is 4.79 Å². The molecule has 0 bridgehead atoms. The molecule has 4 atom stereocenters. The molecule has 1 heterocycles. The summed E-state index contributed by atoms with van der Waals surface area (Å²) >= 11 is 0. The Kier molecular flexibility index (Phi) is 7.13. The van der Waals surface area contributed by atoms with Crippen molar-refractivity contribution in [3.05, 3.63) is 0 Å². The van der Waals surface area contributed by atoms with Gasteiger partial charge >= 0.3 is 0 Å². The molecule has 1 saturated carbocycles. The van der Waals surface area contributed by atoms with Crippen LogP contribution in [0.15, 0.2) is 0 Å². The molecule has 0 amide bonds. The molecule has 1 saturated heterocycles. The van der Waals surface area contributed by atoms with Crippen LogP contribution in [0.2, 0.25) is 0 Å². The second-order valence-corrected chi connectivity index (χ2v) is 8.81. The average Bonchev–Trinajstić information content (AvgIpc) is 2.46. The fourth-order valence-electron chi connectivity index (χ4n) is 4.55. The molecule has 4 unspecified atom stereocenters. The number of carbonyl (C=O) groups excluding carboxylic acids is 1. The van der Waals surface area contributed by atoms with Crippen LogP contribution < -0.4 is 0 Å². The first kappa shape index (κ1) is 19.0. The van der Waals surface area contributed by atoms with Crippen molar-refractivity contribution in [1.29, 1.82) is 0 Å². The van der Waals surface area contributed by atoms with Gasteiger partial charge in [0.15, 0.2) is 0 Å². The van der Waals surface area contributed by atoms with Crippen molar-refractivity contribution in [3.8, 4) is 0 Å². The van der Waals surface area contributed by atoms with Crippen LogP contribution in [0.3, 0.4) is 0 Å². The summed E-state index contributed by atoms with van der Waals surface area (Å²) < 4.78 is 6.55. The van der Waals surface area contributed by atoms with Crippen LogP contribution in [0.1, 0.15) is 98.3 Å². The smallest absolute Gasteiger partial charge is 0.138 e. The van der Waals surface area contributed by atoms with Crippen LogP contribution in [0.5, 0.6) is 0 Å². The fourth-order valence-corrected chi connectivity index (χ4v) is 4.55. The van der Waals surface area contributed by atoms with E-state index in [1.807, 2.05) is 0 Å². The molecule has 134 valence electrons. The highest BCUT2D eigenvalue weighted by molar-refractivity contribution is 5.82. The minimum Gasteiger partial charge on any atom is -0.371 e. The number of Topliss-reactive ketones (excluding diaryl/α,β-unsaturated/α-hetero) is 1. The van der Waals surface area contributed by atoms with E-state index in [4.69, 9.17) is 4.74 Å². The monoisotopic (exact) mass is 322 g/mol. The van der Waals surface area contributed by atoms with Gasteiger partial charge in [-0.1, -0.05) is 52.9 Å². The number of fused-ring (bicyclic) bond motifs is 1. The minimum atomic E-state index is 0.0155. The van der Waals surface area contributed by atoms with Gasteiger partial charge in [-0.15, -0.1) is 0 Å². The van der Waals surface area contributed by atoms with Crippen molar-refractivity contribution in [3.63, 3.8) is 0 Å². The standard InChI is InChI=1S/C21H38O2/c1-5-6-7-10-17-14-19(22)18-11-13-21(4,23-20(18)15-17)12-8-9-16(2)3/h16-18,20H,5-15H2,1-4H3. The van der Waals surface area contributed by atoms with Gasteiger partial charge in [0.25, 0.3) is 0 Å². The number of ketones is 1. The Hall–Kier alpha value is -0.370. The molecule has 23 heavy (non-hydrogen) atoms. The molecule has 1 aliphatic carbocycles. The molecule has 0 aromatic carbocycles. The molecule has 2 rings (SSSR count). The Balaban J connectivity index is 1.87. The van der Waals surface area contributed by atoms with Gasteiger partial charge in [-0.05, 0) is 50.9 Å². The van der Waals surface area contributed by atoms with Crippen LogP contribution >= 0.6 is 0 Å². The third-order valence-electron chi connectivity index (χ3n) is 6.04. The van der Waals surface area contributed by atoms with Crippen LogP contribution in [0.25, 0.3) is 0 Å². The zero-order valence-electron chi connectivity index (χ0n) is 15.9. The van der Waals surface area contributed by atoms with Crippen LogP contribution in [0, 0.1) is 17.8 Å². The molecule has 0 N–H and O–H groups in total. The molecule has 1 aliphatic heterocycles. The number of rotatable bonds is 8. The largest absolute Gasteiger partial charge is 0.371 e. The van der Waals surface area contributed by atoms with E-state index in [1.165, 1.54) is 38.5 Å². The second-order valence-electron chi connectivity index (χ2n) is 8.81. The van der Waals surface area contributed by atoms with E-state index in [2.05, 4.69) is 27.7 Å². The van der Waals surface area contributed by atoms with Gasteiger partial charge in [-0.25, -0.2) is 0 Å². The molecule has 0 aromatic heterocycles. The molecule has 2 aliphatic rings. The maximum atomic E-state index is 12.5. The van der Waals surface area contributed by atoms with Gasteiger partial charge in [-0.2, -0.15) is 0 Å². The van der Waals surface area contributed by atoms with Crippen molar-refractivity contribution >= 4 is 5.78 Å². The Bertz CT molecular complexity index is 376. The van der Waals surface area contributed by atoms with Gasteiger partial charge in [0.1, 0.15) is 5.78 Å². The maximum Gasteiger partial charge on any atom is 0.138 e. The first-order valence-corrected chi connectivity index (χ1v) is 10.1. The Labute approximate surface area is 143 Å². The molecule has 0 aromatic rings. The molecular formula is C21H38O2. The molecule has 2 nitrogen and oxygen atoms in total. The quantitative estimate of drug-likeness (QED) is 0.518. The summed E-state index contributed by atoms with van der Waals surface area (Å²) in [6.07, 6.45) is 13.0. The van der Waals surface area contributed by atoms with Crippen molar-refractivity contribution in [1.82, 2.24) is 0 Å². The molecule has 0 spiro atoms. The van der Waals surface area contributed by atoms with Crippen molar-refractivity contribution < 1.29 is 9.53 Å². The molecular weight excluding hydrogens is 284 g/mol. The summed E-state index contributed by atoms with van der Waals surface area (Å²) in [6.45, 7) is 9.12. The number of ether oxygens (including phenoxy) is 1. The van der Waals surface area contributed by atoms with Gasteiger partial charge in [0.05, 0.1) is 11.7 Å². The average molecular weight is 323 g/mol. The van der Waals surface area contributed by atoms with E-state index in [1.54, 1.807) is 0 Å². The Morgan fingerprint density at radius 3 is 2.74 bits per heavy atom. The Morgan fingerprint density at radius 1 is 1.26 bits per heavy atom. The zero-order valence-corrected chi connectivity index (χ0v) is 15.9. The summed E-state index contributed by atoms with van der Waals surface area (Å²) in [4.78, 5) is 12.5. The van der Waals surface area contributed by atoms with Crippen LogP contribution in [-0.4, -0.2) is 17.5 Å². The summed E-state index contributed by atoms with van der Waals surface area (Å²) in [5.74, 6) is 2.05. The lowest BCUT2D eigenvalue weighted by molar-refractivity contribution is -0.174. The van der Waals surface area contributed by atoms with Crippen molar-refractivity contribution in [2.75, 3.05) is 0 Å². The lowest BCUT2D eigenvalue weighted by Gasteiger charge is -2.46. The third-order valence-corrected chi connectivity index (χ3v) is 6.04. The highest BCUT2D eigenvalue weighted by Gasteiger charge is 2.44. The van der Waals surface area contributed by atoms with Gasteiger partial charge in [0, 0.05) is 12.3 Å². The van der Waals surface area contributed by atoms with E-state index in [0.29, 0.717) is 11.7 Å². The number of unbranched alkanes of at least 4 members (excludes halogenated alkanes) is 2. The Morgan fingerprint density at radius 2 is 2.04 bits per heavy atom. The minimum absolute atomic E-state index is 0.0155. The second kappa shape index (κ2) is 8.65. The van der Waals surface area contributed by atoms with Gasteiger partial charge in [0.2, 0.25) is 0 Å². The number of hydrogen-bond acceptors (Lipinski definition) is 2. The van der Waals surface area contributed by atoms with E-state index < -0.39 is 0 Å². The lowest BCUT2D eigenvalue weighted by atomic mass is 9.71. The van der Waals surface area contributed by atoms with Gasteiger partial charge < -0.3 is 4.74 Å². The van der Waals surface area contributed by atoms with E-state index in [0.717, 1.165) is 38.0 Å². The highest BCUT2D eigenvalue weighted by atomic mass is 16.5. The summed E-state index contributed by atoms with van der Waals surface area (Å²) in [6, 6.07) is 0. The molecule has 2 fully saturated rings.